The number of allylic oxidation sites excluding steroid dienone is 6. The molecule has 1 radical (unpaired) electrons. The number of rotatable bonds is 6. The van der Waals surface area contributed by atoms with Gasteiger partial charge in [-0.05, 0) is 36.5 Å². The summed E-state index contributed by atoms with van der Waals surface area (Å²) in [5.74, 6) is 0. The van der Waals surface area contributed by atoms with Crippen LogP contribution in [0.15, 0.2) is 39.1 Å². The van der Waals surface area contributed by atoms with Gasteiger partial charge in [0.15, 0.2) is 0 Å². The van der Waals surface area contributed by atoms with Crippen LogP contribution in [0.4, 0.5) is 0 Å². The summed E-state index contributed by atoms with van der Waals surface area (Å²) in [6, 6.07) is 0. The summed E-state index contributed by atoms with van der Waals surface area (Å²) in [4.78, 5) is 4.46. The Morgan fingerprint density at radius 3 is 2.35 bits per heavy atom. The van der Waals surface area contributed by atoms with Crippen LogP contribution in [-0.4, -0.2) is 6.21 Å². The Morgan fingerprint density at radius 2 is 1.71 bits per heavy atom. The highest BCUT2D eigenvalue weighted by atomic mass is 14.8. The molecule has 0 bridgehead atoms. The van der Waals surface area contributed by atoms with E-state index in [1.807, 2.05) is 0 Å². The van der Waals surface area contributed by atoms with Gasteiger partial charge in [-0.15, -0.1) is 0 Å². The summed E-state index contributed by atoms with van der Waals surface area (Å²) in [5, 5.41) is 0. The van der Waals surface area contributed by atoms with E-state index in [2.05, 4.69) is 38.1 Å². The topological polar surface area (TPSA) is 12.4 Å². The first-order chi connectivity index (χ1) is 8.31. The van der Waals surface area contributed by atoms with E-state index in [0.717, 1.165) is 6.42 Å². The predicted molar refractivity (Wildman–Crippen MR) is 74.3 cm³/mol. The van der Waals surface area contributed by atoms with Crippen molar-refractivity contribution in [3.05, 3.63) is 34.1 Å². The number of aliphatic imine (C=N–C) groups is 1. The maximum absolute atomic E-state index is 4.46. The molecular weight excluding hydrogens is 206 g/mol. The minimum Gasteiger partial charge on any atom is -0.250 e. The van der Waals surface area contributed by atoms with Crippen molar-refractivity contribution < 1.29 is 0 Å². The van der Waals surface area contributed by atoms with E-state index < -0.39 is 0 Å². The van der Waals surface area contributed by atoms with Crippen molar-refractivity contribution in [2.75, 3.05) is 0 Å². The van der Waals surface area contributed by atoms with Crippen LogP contribution in [0.3, 0.4) is 0 Å². The molecule has 1 nitrogen and oxygen atoms in total. The standard InChI is InChI=1S/C16H22N/c1-4-7-12-10-13-11-17-15(9-6-3)16(13)14(12)8-5-2/h10H,4-9H2,1-3H3. The van der Waals surface area contributed by atoms with Crippen LogP contribution in [0.25, 0.3) is 0 Å². The third-order valence-corrected chi connectivity index (χ3v) is 3.38. The molecule has 0 aromatic rings. The average molecular weight is 228 g/mol. The van der Waals surface area contributed by atoms with Gasteiger partial charge in [0.2, 0.25) is 0 Å². The predicted octanol–water partition coefficient (Wildman–Crippen LogP) is 4.84. The molecule has 0 N–H and O–H groups in total. The fourth-order valence-electron chi connectivity index (χ4n) is 2.70. The number of hydrogen-bond acceptors (Lipinski definition) is 1. The lowest BCUT2D eigenvalue weighted by atomic mass is 9.95. The van der Waals surface area contributed by atoms with Crippen LogP contribution in [-0.2, 0) is 0 Å². The number of fused-ring (bicyclic) bond motifs is 1. The molecule has 0 unspecified atom stereocenters. The molecule has 1 heteroatoms. The maximum atomic E-state index is 4.46. The Balaban J connectivity index is 2.35. The molecule has 0 fully saturated rings. The SMILES string of the molecule is CCCC1=C(CCC)C2=C(CCC)N=[C]C2=C1. The van der Waals surface area contributed by atoms with E-state index in [0.29, 0.717) is 0 Å². The van der Waals surface area contributed by atoms with Gasteiger partial charge in [-0.3, -0.25) is 0 Å². The van der Waals surface area contributed by atoms with Crippen molar-refractivity contribution in [2.24, 2.45) is 4.99 Å². The molecule has 0 amide bonds. The summed E-state index contributed by atoms with van der Waals surface area (Å²) < 4.78 is 0. The van der Waals surface area contributed by atoms with E-state index in [9.17, 15) is 0 Å². The van der Waals surface area contributed by atoms with Crippen molar-refractivity contribution in [3.8, 4) is 0 Å². The molecule has 0 aromatic carbocycles. The van der Waals surface area contributed by atoms with E-state index in [1.54, 1.807) is 5.57 Å². The lowest BCUT2D eigenvalue weighted by Gasteiger charge is -2.09. The summed E-state index contributed by atoms with van der Waals surface area (Å²) in [7, 11) is 0. The zero-order valence-electron chi connectivity index (χ0n) is 11.3. The normalized spacial score (nSPS) is 18.2. The highest BCUT2D eigenvalue weighted by Gasteiger charge is 2.26. The molecule has 1 aliphatic heterocycles. The molecule has 91 valence electrons. The molecule has 0 atom stereocenters. The van der Waals surface area contributed by atoms with Gasteiger partial charge in [0, 0.05) is 16.8 Å². The van der Waals surface area contributed by atoms with E-state index >= 15 is 0 Å². The zero-order valence-corrected chi connectivity index (χ0v) is 11.3. The van der Waals surface area contributed by atoms with E-state index in [1.165, 1.54) is 54.5 Å². The monoisotopic (exact) mass is 228 g/mol. The van der Waals surface area contributed by atoms with Gasteiger partial charge < -0.3 is 0 Å². The van der Waals surface area contributed by atoms with Crippen LogP contribution >= 0.6 is 0 Å². The third kappa shape index (κ3) is 2.29. The van der Waals surface area contributed by atoms with Crippen LogP contribution < -0.4 is 0 Å². The molecule has 1 aliphatic carbocycles. The maximum Gasteiger partial charge on any atom is 0.0975 e. The van der Waals surface area contributed by atoms with Crippen molar-refractivity contribution >= 4 is 6.21 Å². The van der Waals surface area contributed by atoms with Gasteiger partial charge in [0.1, 0.15) is 0 Å². The van der Waals surface area contributed by atoms with Gasteiger partial charge in [-0.25, -0.2) is 4.99 Å². The highest BCUT2D eigenvalue weighted by Crippen LogP contribution is 2.41. The third-order valence-electron chi connectivity index (χ3n) is 3.38. The summed E-state index contributed by atoms with van der Waals surface area (Å²) in [6.45, 7) is 6.73. The van der Waals surface area contributed by atoms with Crippen LogP contribution in [0, 0.1) is 0 Å². The van der Waals surface area contributed by atoms with Crippen molar-refractivity contribution in [2.45, 2.75) is 59.3 Å². The first kappa shape index (κ1) is 12.3. The molecular formula is C16H22N. The van der Waals surface area contributed by atoms with Crippen LogP contribution in [0.2, 0.25) is 0 Å². The lowest BCUT2D eigenvalue weighted by Crippen LogP contribution is -1.92. The van der Waals surface area contributed by atoms with Crippen LogP contribution in [0.1, 0.15) is 59.3 Å². The Morgan fingerprint density at radius 1 is 1.00 bits per heavy atom. The summed E-state index contributed by atoms with van der Waals surface area (Å²) in [6.07, 6.45) is 12.6. The molecule has 1 heterocycles. The molecule has 0 saturated carbocycles. The smallest absolute Gasteiger partial charge is 0.0975 e. The van der Waals surface area contributed by atoms with Crippen molar-refractivity contribution in [1.29, 1.82) is 0 Å². The van der Waals surface area contributed by atoms with Gasteiger partial charge in [0.05, 0.1) is 6.21 Å². The molecule has 0 spiro atoms. The number of nitrogens with zero attached hydrogens (tertiary/aromatic N) is 1. The van der Waals surface area contributed by atoms with Gasteiger partial charge >= 0.3 is 0 Å². The van der Waals surface area contributed by atoms with Crippen LogP contribution in [0.5, 0.6) is 0 Å². The lowest BCUT2D eigenvalue weighted by molar-refractivity contribution is 0.853. The Kier molecular flexibility index (Phi) is 3.98. The second-order valence-corrected chi connectivity index (χ2v) is 4.86. The van der Waals surface area contributed by atoms with E-state index in [-0.39, 0.29) is 0 Å². The molecule has 0 aromatic heterocycles. The second-order valence-electron chi connectivity index (χ2n) is 4.86. The Hall–Kier alpha value is -1.11. The largest absolute Gasteiger partial charge is 0.250 e. The molecule has 2 aliphatic rings. The average Bonchev–Trinajstić information content (AvgIpc) is 2.83. The first-order valence-corrected chi connectivity index (χ1v) is 6.96. The number of hydrogen-bond donors (Lipinski definition) is 0. The Labute approximate surface area is 105 Å². The minimum atomic E-state index is 1.09. The van der Waals surface area contributed by atoms with Crippen molar-refractivity contribution in [3.63, 3.8) is 0 Å². The minimum absolute atomic E-state index is 1.09. The van der Waals surface area contributed by atoms with E-state index in [4.69, 9.17) is 0 Å². The molecule has 17 heavy (non-hydrogen) atoms. The van der Waals surface area contributed by atoms with Gasteiger partial charge in [0.25, 0.3) is 0 Å². The molecule has 0 saturated heterocycles. The van der Waals surface area contributed by atoms with Gasteiger partial charge in [-0.1, -0.05) is 40.0 Å². The fraction of sp³-hybridized carbons (Fsp3) is 0.562. The summed E-state index contributed by atoms with van der Waals surface area (Å²) >= 11 is 0. The van der Waals surface area contributed by atoms with Crippen molar-refractivity contribution in [1.82, 2.24) is 0 Å². The first-order valence-electron chi connectivity index (χ1n) is 6.96. The highest BCUT2D eigenvalue weighted by molar-refractivity contribution is 5.94. The fourth-order valence-corrected chi connectivity index (χ4v) is 2.70. The van der Waals surface area contributed by atoms with Gasteiger partial charge in [-0.2, -0.15) is 0 Å². The zero-order chi connectivity index (χ0) is 12.3. The Bertz CT molecular complexity index is 419. The molecule has 2 rings (SSSR count). The second kappa shape index (κ2) is 5.48. The summed E-state index contributed by atoms with van der Waals surface area (Å²) in [5.41, 5.74) is 7.04. The quantitative estimate of drug-likeness (QED) is 0.617.